The zero-order valence-electron chi connectivity index (χ0n) is 11.1. The molecule has 2 aromatic rings. The van der Waals surface area contributed by atoms with Gasteiger partial charge in [0.15, 0.2) is 5.11 Å². The Morgan fingerprint density at radius 2 is 2.25 bits per heavy atom. The Bertz CT molecular complexity index is 605. The van der Waals surface area contributed by atoms with Crippen LogP contribution in [0.2, 0.25) is 0 Å². The lowest BCUT2D eigenvalue weighted by Crippen LogP contribution is -2.24. The molecular weight excluding hydrogens is 312 g/mol. The molecule has 2 rings (SSSR count). The first-order chi connectivity index (χ1) is 9.67. The molecule has 0 amide bonds. The molecule has 0 aliphatic heterocycles. The van der Waals surface area contributed by atoms with Crippen molar-refractivity contribution in [3.8, 4) is 10.4 Å². The molecule has 0 saturated heterocycles. The van der Waals surface area contributed by atoms with Gasteiger partial charge in [-0.15, -0.1) is 22.7 Å². The molecular formula is C13H14N2O2S3. The highest BCUT2D eigenvalue weighted by molar-refractivity contribution is 7.80. The summed E-state index contributed by atoms with van der Waals surface area (Å²) in [6, 6.07) is 3.94. The van der Waals surface area contributed by atoms with Crippen molar-refractivity contribution in [2.45, 2.75) is 6.92 Å². The van der Waals surface area contributed by atoms with E-state index in [1.807, 2.05) is 22.9 Å². The molecule has 0 aromatic carbocycles. The molecule has 106 valence electrons. The number of hydrogen-bond acceptors (Lipinski definition) is 5. The van der Waals surface area contributed by atoms with Gasteiger partial charge in [0.1, 0.15) is 10.6 Å². The van der Waals surface area contributed by atoms with Crippen LogP contribution in [-0.4, -0.2) is 24.7 Å². The maximum atomic E-state index is 12.2. The van der Waals surface area contributed by atoms with Crippen LogP contribution >= 0.6 is 34.9 Å². The minimum absolute atomic E-state index is 0.335. The van der Waals surface area contributed by atoms with Gasteiger partial charge in [-0.1, -0.05) is 6.07 Å². The molecule has 0 bridgehead atoms. The van der Waals surface area contributed by atoms with E-state index in [0.717, 1.165) is 10.4 Å². The van der Waals surface area contributed by atoms with Gasteiger partial charge in [-0.05, 0) is 30.6 Å². The van der Waals surface area contributed by atoms with Gasteiger partial charge in [0.25, 0.3) is 0 Å². The number of carbonyl (C=O) groups excluding carboxylic acids is 1. The fourth-order valence-corrected chi connectivity index (χ4v) is 3.58. The normalized spacial score (nSPS) is 10.1. The average molecular weight is 326 g/mol. The molecule has 2 N–H and O–H groups in total. The number of thiocarbonyl (C=S) groups is 1. The van der Waals surface area contributed by atoms with E-state index in [4.69, 9.17) is 17.0 Å². The van der Waals surface area contributed by atoms with E-state index >= 15 is 0 Å². The first-order valence-corrected chi connectivity index (χ1v) is 8.15. The van der Waals surface area contributed by atoms with Crippen molar-refractivity contribution in [3.05, 3.63) is 28.5 Å². The third-order valence-electron chi connectivity index (χ3n) is 2.51. The second-order valence-electron chi connectivity index (χ2n) is 3.76. The van der Waals surface area contributed by atoms with Crippen molar-refractivity contribution in [3.63, 3.8) is 0 Å². The van der Waals surface area contributed by atoms with Crippen molar-refractivity contribution in [1.82, 2.24) is 5.32 Å². The van der Waals surface area contributed by atoms with E-state index < -0.39 is 0 Å². The SMILES string of the molecule is CCOC(=O)c1c(-c2cccs2)csc1NC(=S)NC. The van der Waals surface area contributed by atoms with E-state index in [9.17, 15) is 4.79 Å². The highest BCUT2D eigenvalue weighted by Gasteiger charge is 2.22. The molecule has 4 nitrogen and oxygen atoms in total. The van der Waals surface area contributed by atoms with Crippen LogP contribution in [0.5, 0.6) is 0 Å². The summed E-state index contributed by atoms with van der Waals surface area (Å²) in [6.45, 7) is 2.13. The van der Waals surface area contributed by atoms with Crippen LogP contribution in [0.4, 0.5) is 5.00 Å². The van der Waals surface area contributed by atoms with Crippen LogP contribution in [0.15, 0.2) is 22.9 Å². The number of nitrogens with one attached hydrogen (secondary N) is 2. The fourth-order valence-electron chi connectivity index (χ4n) is 1.63. The Balaban J connectivity index is 2.42. The summed E-state index contributed by atoms with van der Waals surface area (Å²) in [5, 5.41) is 10.9. The molecule has 2 aromatic heterocycles. The molecule has 0 aliphatic rings. The first-order valence-electron chi connectivity index (χ1n) is 5.98. The molecule has 20 heavy (non-hydrogen) atoms. The van der Waals surface area contributed by atoms with Crippen LogP contribution < -0.4 is 10.6 Å². The molecule has 0 unspecified atom stereocenters. The Labute approximate surface area is 130 Å². The number of esters is 1. The zero-order chi connectivity index (χ0) is 14.5. The van der Waals surface area contributed by atoms with Crippen molar-refractivity contribution in [2.75, 3.05) is 19.0 Å². The van der Waals surface area contributed by atoms with E-state index in [2.05, 4.69) is 10.6 Å². The predicted octanol–water partition coefficient (Wildman–Crippen LogP) is 3.57. The van der Waals surface area contributed by atoms with Gasteiger partial charge >= 0.3 is 5.97 Å². The molecule has 7 heteroatoms. The predicted molar refractivity (Wildman–Crippen MR) is 88.9 cm³/mol. The Morgan fingerprint density at radius 1 is 1.45 bits per heavy atom. The topological polar surface area (TPSA) is 50.4 Å². The number of rotatable bonds is 4. The second-order valence-corrected chi connectivity index (χ2v) is 5.99. The minimum Gasteiger partial charge on any atom is -0.462 e. The van der Waals surface area contributed by atoms with Gasteiger partial charge in [0, 0.05) is 22.9 Å². The van der Waals surface area contributed by atoms with Crippen molar-refractivity contribution < 1.29 is 9.53 Å². The summed E-state index contributed by atoms with van der Waals surface area (Å²) in [7, 11) is 1.73. The maximum Gasteiger partial charge on any atom is 0.341 e. The number of carbonyl (C=O) groups is 1. The summed E-state index contributed by atoms with van der Waals surface area (Å²) >= 11 is 8.12. The second kappa shape index (κ2) is 6.83. The van der Waals surface area contributed by atoms with Gasteiger partial charge < -0.3 is 15.4 Å². The molecule has 0 aliphatic carbocycles. The average Bonchev–Trinajstić information content (AvgIpc) is 3.07. The van der Waals surface area contributed by atoms with E-state index in [1.165, 1.54) is 11.3 Å². The van der Waals surface area contributed by atoms with Gasteiger partial charge in [0.2, 0.25) is 0 Å². The van der Waals surface area contributed by atoms with Crippen molar-refractivity contribution >= 4 is 51.0 Å². The molecule has 0 spiro atoms. The van der Waals surface area contributed by atoms with E-state index in [-0.39, 0.29) is 5.97 Å². The minimum atomic E-state index is -0.335. The highest BCUT2D eigenvalue weighted by Crippen LogP contribution is 2.38. The highest BCUT2D eigenvalue weighted by atomic mass is 32.1. The van der Waals surface area contributed by atoms with E-state index in [0.29, 0.717) is 22.3 Å². The first kappa shape index (κ1) is 15.0. The molecule has 0 saturated carbocycles. The van der Waals surface area contributed by atoms with Crippen LogP contribution in [-0.2, 0) is 4.74 Å². The summed E-state index contributed by atoms with van der Waals surface area (Å²) in [4.78, 5) is 13.2. The number of thiophene rings is 2. The molecule has 2 heterocycles. The largest absolute Gasteiger partial charge is 0.462 e. The molecule has 0 radical (unpaired) electrons. The van der Waals surface area contributed by atoms with Crippen molar-refractivity contribution in [2.24, 2.45) is 0 Å². The van der Waals surface area contributed by atoms with Crippen LogP contribution in [0.1, 0.15) is 17.3 Å². The molecule has 0 atom stereocenters. The fraction of sp³-hybridized carbons (Fsp3) is 0.231. The summed E-state index contributed by atoms with van der Waals surface area (Å²) < 4.78 is 5.15. The lowest BCUT2D eigenvalue weighted by atomic mass is 10.1. The summed E-state index contributed by atoms with van der Waals surface area (Å²) in [5.41, 5.74) is 1.42. The van der Waals surface area contributed by atoms with Gasteiger partial charge in [-0.2, -0.15) is 0 Å². The smallest absolute Gasteiger partial charge is 0.341 e. The lowest BCUT2D eigenvalue weighted by Gasteiger charge is -2.09. The zero-order valence-corrected chi connectivity index (χ0v) is 13.5. The van der Waals surface area contributed by atoms with Crippen LogP contribution in [0, 0.1) is 0 Å². The van der Waals surface area contributed by atoms with Gasteiger partial charge in [-0.3, -0.25) is 0 Å². The van der Waals surface area contributed by atoms with Crippen molar-refractivity contribution in [1.29, 1.82) is 0 Å². The maximum absolute atomic E-state index is 12.2. The van der Waals surface area contributed by atoms with E-state index in [1.54, 1.807) is 25.3 Å². The summed E-state index contributed by atoms with van der Waals surface area (Å²) in [6.07, 6.45) is 0. The van der Waals surface area contributed by atoms with Gasteiger partial charge in [0.05, 0.1) is 6.61 Å². The lowest BCUT2D eigenvalue weighted by molar-refractivity contribution is 0.0529. The summed E-state index contributed by atoms with van der Waals surface area (Å²) in [5.74, 6) is -0.335. The Morgan fingerprint density at radius 3 is 2.85 bits per heavy atom. The standard InChI is InChI=1S/C13H14N2O2S3/c1-3-17-12(16)10-8(9-5-4-6-19-9)7-20-11(10)15-13(18)14-2/h4-7H,3H2,1-2H3,(H2,14,15,18). The van der Waals surface area contributed by atoms with Crippen LogP contribution in [0.25, 0.3) is 10.4 Å². The Kier molecular flexibility index (Phi) is 5.11. The number of hydrogen-bond donors (Lipinski definition) is 2. The number of ether oxygens (including phenoxy) is 1. The molecule has 0 fully saturated rings. The Hall–Kier alpha value is -1.44. The van der Waals surface area contributed by atoms with Gasteiger partial charge in [-0.25, -0.2) is 4.79 Å². The third-order valence-corrected chi connectivity index (χ3v) is 4.62. The van der Waals surface area contributed by atoms with Crippen LogP contribution in [0.3, 0.4) is 0 Å². The third kappa shape index (κ3) is 3.17. The monoisotopic (exact) mass is 326 g/mol. The number of anilines is 1. The quantitative estimate of drug-likeness (QED) is 0.664.